The fourth-order valence-corrected chi connectivity index (χ4v) is 2.69. The van der Waals surface area contributed by atoms with Gasteiger partial charge in [0.05, 0.1) is 0 Å². The summed E-state index contributed by atoms with van der Waals surface area (Å²) < 4.78 is 1.44. The molecule has 0 unspecified atom stereocenters. The highest BCUT2D eigenvalue weighted by molar-refractivity contribution is 5.21. The molecule has 0 atom stereocenters. The van der Waals surface area contributed by atoms with Crippen LogP contribution in [-0.2, 0) is 6.54 Å². The van der Waals surface area contributed by atoms with Crippen molar-refractivity contribution in [3.05, 3.63) is 32.6 Å². The van der Waals surface area contributed by atoms with Crippen LogP contribution in [0.5, 0.6) is 0 Å². The summed E-state index contributed by atoms with van der Waals surface area (Å²) in [4.78, 5) is 25.1. The highest BCUT2D eigenvalue weighted by Crippen LogP contribution is 2.30. The van der Waals surface area contributed by atoms with Crippen molar-refractivity contribution in [3.8, 4) is 6.07 Å². The van der Waals surface area contributed by atoms with E-state index in [2.05, 4.69) is 11.9 Å². The van der Waals surface area contributed by atoms with Gasteiger partial charge in [-0.05, 0) is 18.3 Å². The molecule has 1 saturated carbocycles. The highest BCUT2D eigenvalue weighted by Gasteiger charge is 2.18. The van der Waals surface area contributed by atoms with Gasteiger partial charge in [-0.15, -0.1) is 0 Å². The van der Waals surface area contributed by atoms with E-state index in [9.17, 15) is 9.59 Å². The number of hydrogen-bond donors (Lipinski definition) is 1. The Morgan fingerprint density at radius 1 is 1.37 bits per heavy atom. The molecule has 0 saturated heterocycles. The maximum Gasteiger partial charge on any atom is 0.328 e. The van der Waals surface area contributed by atoms with E-state index >= 15 is 0 Å². The third-order valence-corrected chi connectivity index (χ3v) is 4.05. The van der Waals surface area contributed by atoms with Crippen LogP contribution in [0, 0.1) is 23.2 Å². The summed E-state index contributed by atoms with van der Waals surface area (Å²) in [5.74, 6) is 1.47. The minimum Gasteiger partial charge on any atom is -0.299 e. The van der Waals surface area contributed by atoms with Gasteiger partial charge in [0.2, 0.25) is 0 Å². The lowest BCUT2D eigenvalue weighted by molar-refractivity contribution is 0.267. The molecule has 1 fully saturated rings. The third-order valence-electron chi connectivity index (χ3n) is 4.05. The SMILES string of the molecule is CC1CCC(CCn2cc(C#N)c(=O)[nH]c2=O)CC1. The molecule has 1 N–H and O–H groups in total. The minimum atomic E-state index is -0.602. The summed E-state index contributed by atoms with van der Waals surface area (Å²) in [6, 6.07) is 1.80. The first-order valence-corrected chi connectivity index (χ1v) is 6.84. The molecule has 1 aliphatic carbocycles. The van der Waals surface area contributed by atoms with Gasteiger partial charge in [-0.2, -0.15) is 5.26 Å². The number of hydrogen-bond acceptors (Lipinski definition) is 3. The number of nitrogens with zero attached hydrogens (tertiary/aromatic N) is 2. The average Bonchev–Trinajstić information content (AvgIpc) is 2.40. The van der Waals surface area contributed by atoms with E-state index in [1.54, 1.807) is 6.07 Å². The molecule has 5 heteroatoms. The molecule has 0 radical (unpaired) electrons. The van der Waals surface area contributed by atoms with Crippen LogP contribution in [0.1, 0.15) is 44.6 Å². The van der Waals surface area contributed by atoms with Gasteiger partial charge < -0.3 is 0 Å². The zero-order valence-corrected chi connectivity index (χ0v) is 11.2. The zero-order valence-electron chi connectivity index (χ0n) is 11.2. The topological polar surface area (TPSA) is 78.7 Å². The average molecular weight is 261 g/mol. The first kappa shape index (κ1) is 13.6. The van der Waals surface area contributed by atoms with Gasteiger partial charge in [0, 0.05) is 12.7 Å². The van der Waals surface area contributed by atoms with Gasteiger partial charge in [0.1, 0.15) is 11.6 Å². The molecule has 0 amide bonds. The number of nitriles is 1. The first-order valence-electron chi connectivity index (χ1n) is 6.84. The zero-order chi connectivity index (χ0) is 13.8. The molecule has 1 aromatic heterocycles. The van der Waals surface area contributed by atoms with Crippen LogP contribution < -0.4 is 11.2 Å². The largest absolute Gasteiger partial charge is 0.328 e. The summed E-state index contributed by atoms with van der Waals surface area (Å²) in [5, 5.41) is 8.79. The number of aromatic nitrogens is 2. The van der Waals surface area contributed by atoms with E-state index in [4.69, 9.17) is 5.26 Å². The van der Waals surface area contributed by atoms with Crippen LogP contribution >= 0.6 is 0 Å². The fourth-order valence-electron chi connectivity index (χ4n) is 2.69. The van der Waals surface area contributed by atoms with Crippen molar-refractivity contribution in [1.82, 2.24) is 9.55 Å². The highest BCUT2D eigenvalue weighted by atomic mass is 16.2. The van der Waals surface area contributed by atoms with E-state index in [-0.39, 0.29) is 5.56 Å². The van der Waals surface area contributed by atoms with E-state index in [1.807, 2.05) is 0 Å². The predicted octanol–water partition coefficient (Wildman–Crippen LogP) is 1.62. The second kappa shape index (κ2) is 5.87. The molecule has 19 heavy (non-hydrogen) atoms. The Bertz CT molecular complexity index is 586. The summed E-state index contributed by atoms with van der Waals surface area (Å²) in [7, 11) is 0. The molecule has 5 nitrogen and oxygen atoms in total. The van der Waals surface area contributed by atoms with Crippen molar-refractivity contribution in [2.75, 3.05) is 0 Å². The minimum absolute atomic E-state index is 0.00290. The number of rotatable bonds is 3. The van der Waals surface area contributed by atoms with Crippen molar-refractivity contribution >= 4 is 0 Å². The van der Waals surface area contributed by atoms with Gasteiger partial charge >= 0.3 is 5.69 Å². The lowest BCUT2D eigenvalue weighted by atomic mass is 9.81. The van der Waals surface area contributed by atoms with Crippen LogP contribution in [0.4, 0.5) is 0 Å². The predicted molar refractivity (Wildman–Crippen MR) is 71.8 cm³/mol. The Hall–Kier alpha value is -1.83. The Labute approximate surface area is 111 Å². The molecule has 1 aliphatic rings. The Morgan fingerprint density at radius 2 is 2.05 bits per heavy atom. The normalized spacial score (nSPS) is 22.9. The molecule has 1 heterocycles. The summed E-state index contributed by atoms with van der Waals surface area (Å²) in [6.45, 7) is 2.85. The standard InChI is InChI=1S/C14H19N3O2/c1-10-2-4-11(5-3-10)6-7-17-9-12(8-15)13(18)16-14(17)19/h9-11H,2-7H2,1H3,(H,16,18,19). The van der Waals surface area contributed by atoms with Gasteiger partial charge in [0.25, 0.3) is 5.56 Å². The first-order chi connectivity index (χ1) is 9.10. The summed E-state index contributed by atoms with van der Waals surface area (Å²) in [5.41, 5.74) is -1.03. The van der Waals surface area contributed by atoms with Gasteiger partial charge in [0.15, 0.2) is 0 Å². The number of aromatic amines is 1. The Balaban J connectivity index is 2.02. The maximum absolute atomic E-state index is 11.6. The number of aryl methyl sites for hydroxylation is 1. The van der Waals surface area contributed by atoms with Crippen LogP contribution in [0.25, 0.3) is 0 Å². The molecule has 1 aromatic rings. The molecule has 2 rings (SSSR count). The molecule has 0 aliphatic heterocycles. The van der Waals surface area contributed by atoms with E-state index < -0.39 is 11.2 Å². The van der Waals surface area contributed by atoms with Crippen molar-refractivity contribution in [1.29, 1.82) is 5.26 Å². The van der Waals surface area contributed by atoms with Gasteiger partial charge in [-0.25, -0.2) is 4.79 Å². The second-order valence-electron chi connectivity index (χ2n) is 5.52. The van der Waals surface area contributed by atoms with Crippen molar-refractivity contribution in [2.45, 2.75) is 45.6 Å². The number of nitrogens with one attached hydrogen (secondary N) is 1. The third kappa shape index (κ3) is 3.34. The molecule has 102 valence electrons. The fraction of sp³-hybridized carbons (Fsp3) is 0.643. The molecule has 0 aromatic carbocycles. The molecule has 0 bridgehead atoms. The van der Waals surface area contributed by atoms with E-state index in [0.29, 0.717) is 12.5 Å². The smallest absolute Gasteiger partial charge is 0.299 e. The van der Waals surface area contributed by atoms with Crippen LogP contribution in [0.2, 0.25) is 0 Å². The van der Waals surface area contributed by atoms with Crippen LogP contribution in [-0.4, -0.2) is 9.55 Å². The van der Waals surface area contributed by atoms with Crippen LogP contribution in [0.3, 0.4) is 0 Å². The molecular weight excluding hydrogens is 242 g/mol. The quantitative estimate of drug-likeness (QED) is 0.898. The second-order valence-corrected chi connectivity index (χ2v) is 5.52. The van der Waals surface area contributed by atoms with Gasteiger partial charge in [-0.3, -0.25) is 14.3 Å². The Morgan fingerprint density at radius 3 is 2.68 bits per heavy atom. The monoisotopic (exact) mass is 261 g/mol. The molecule has 0 spiro atoms. The lowest BCUT2D eigenvalue weighted by Gasteiger charge is -2.26. The van der Waals surface area contributed by atoms with E-state index in [0.717, 1.165) is 12.3 Å². The summed E-state index contributed by atoms with van der Waals surface area (Å²) in [6.07, 6.45) is 7.24. The lowest BCUT2D eigenvalue weighted by Crippen LogP contribution is -2.31. The van der Waals surface area contributed by atoms with Crippen molar-refractivity contribution < 1.29 is 0 Å². The van der Waals surface area contributed by atoms with E-state index in [1.165, 1.54) is 36.4 Å². The van der Waals surface area contributed by atoms with Crippen molar-refractivity contribution in [2.24, 2.45) is 11.8 Å². The number of H-pyrrole nitrogens is 1. The van der Waals surface area contributed by atoms with Crippen molar-refractivity contribution in [3.63, 3.8) is 0 Å². The van der Waals surface area contributed by atoms with Crippen LogP contribution in [0.15, 0.2) is 15.8 Å². The molecular formula is C14H19N3O2. The maximum atomic E-state index is 11.6. The Kier molecular flexibility index (Phi) is 4.20. The summed E-state index contributed by atoms with van der Waals surface area (Å²) >= 11 is 0. The van der Waals surface area contributed by atoms with Gasteiger partial charge in [-0.1, -0.05) is 32.6 Å².